The topological polar surface area (TPSA) is 9.23 Å². The standard InChI is InChI=1S/C24H24Br2O/c1-24(2,19-13-14-22(25)23(26)17-19)15-7-9-18-8-6-12-21(16-18)27-20-10-4-3-5-11-20/h3-6,8,10-14,16-17H,7,9,15H2,1-2H3. The molecule has 0 spiro atoms. The predicted octanol–water partition coefficient (Wildman–Crippen LogP) is 8.30. The van der Waals surface area contributed by atoms with Crippen LogP contribution in [0.3, 0.4) is 0 Å². The summed E-state index contributed by atoms with van der Waals surface area (Å²) in [7, 11) is 0. The van der Waals surface area contributed by atoms with Gasteiger partial charge in [-0.05, 0) is 104 Å². The molecule has 3 rings (SSSR count). The zero-order valence-corrected chi connectivity index (χ0v) is 18.9. The molecule has 0 bridgehead atoms. The van der Waals surface area contributed by atoms with E-state index >= 15 is 0 Å². The van der Waals surface area contributed by atoms with Crippen molar-refractivity contribution in [2.24, 2.45) is 0 Å². The van der Waals surface area contributed by atoms with Crippen molar-refractivity contribution in [2.45, 2.75) is 38.5 Å². The molecule has 0 aliphatic rings. The molecule has 0 fully saturated rings. The molecule has 3 aromatic carbocycles. The first-order chi connectivity index (χ1) is 12.9. The number of para-hydroxylation sites is 1. The van der Waals surface area contributed by atoms with Crippen LogP contribution in [0.4, 0.5) is 0 Å². The highest BCUT2D eigenvalue weighted by molar-refractivity contribution is 9.13. The van der Waals surface area contributed by atoms with Gasteiger partial charge >= 0.3 is 0 Å². The molecule has 1 nitrogen and oxygen atoms in total. The Morgan fingerprint density at radius 3 is 2.26 bits per heavy atom. The molecule has 140 valence electrons. The van der Waals surface area contributed by atoms with E-state index in [9.17, 15) is 0 Å². The van der Waals surface area contributed by atoms with Crippen LogP contribution < -0.4 is 4.74 Å². The van der Waals surface area contributed by atoms with Gasteiger partial charge in [0.15, 0.2) is 0 Å². The van der Waals surface area contributed by atoms with Gasteiger partial charge in [0.1, 0.15) is 11.5 Å². The number of benzene rings is 3. The van der Waals surface area contributed by atoms with Gasteiger partial charge in [-0.15, -0.1) is 0 Å². The van der Waals surface area contributed by atoms with Crippen LogP contribution in [0.2, 0.25) is 0 Å². The van der Waals surface area contributed by atoms with Crippen molar-refractivity contribution >= 4 is 31.9 Å². The van der Waals surface area contributed by atoms with E-state index in [1.165, 1.54) is 11.1 Å². The van der Waals surface area contributed by atoms with Crippen molar-refractivity contribution < 1.29 is 4.74 Å². The lowest BCUT2D eigenvalue weighted by Gasteiger charge is -2.26. The summed E-state index contributed by atoms with van der Waals surface area (Å²) in [5, 5.41) is 0. The maximum Gasteiger partial charge on any atom is 0.127 e. The van der Waals surface area contributed by atoms with Gasteiger partial charge in [-0.25, -0.2) is 0 Å². The first-order valence-electron chi connectivity index (χ1n) is 9.21. The molecule has 27 heavy (non-hydrogen) atoms. The molecule has 0 aliphatic heterocycles. The molecule has 0 atom stereocenters. The lowest BCUT2D eigenvalue weighted by Crippen LogP contribution is -2.17. The average Bonchev–Trinajstić information content (AvgIpc) is 2.65. The summed E-state index contributed by atoms with van der Waals surface area (Å²) in [4.78, 5) is 0. The van der Waals surface area contributed by atoms with Gasteiger partial charge in [0.05, 0.1) is 0 Å². The van der Waals surface area contributed by atoms with Crippen LogP contribution in [-0.2, 0) is 11.8 Å². The van der Waals surface area contributed by atoms with E-state index in [0.29, 0.717) is 0 Å². The third-order valence-corrected chi connectivity index (χ3v) is 6.73. The van der Waals surface area contributed by atoms with E-state index in [1.807, 2.05) is 36.4 Å². The Kier molecular flexibility index (Phi) is 6.78. The van der Waals surface area contributed by atoms with Gasteiger partial charge in [-0.1, -0.05) is 50.2 Å². The van der Waals surface area contributed by atoms with Crippen LogP contribution >= 0.6 is 31.9 Å². The van der Waals surface area contributed by atoms with E-state index in [1.54, 1.807) is 0 Å². The van der Waals surface area contributed by atoms with Crippen LogP contribution in [0, 0.1) is 0 Å². The molecular formula is C24H24Br2O. The molecule has 0 aromatic heterocycles. The molecule has 0 unspecified atom stereocenters. The van der Waals surface area contributed by atoms with Gasteiger partial charge in [-0.2, -0.15) is 0 Å². The molecule has 0 amide bonds. The normalized spacial score (nSPS) is 11.4. The minimum Gasteiger partial charge on any atom is -0.457 e. The Morgan fingerprint density at radius 1 is 0.778 bits per heavy atom. The molecule has 0 aliphatic carbocycles. The predicted molar refractivity (Wildman–Crippen MR) is 121 cm³/mol. The van der Waals surface area contributed by atoms with Crippen LogP contribution in [0.15, 0.2) is 81.7 Å². The second-order valence-corrected chi connectivity index (χ2v) is 9.14. The Bertz CT molecular complexity index is 888. The third kappa shape index (κ3) is 5.70. The van der Waals surface area contributed by atoms with Crippen LogP contribution in [-0.4, -0.2) is 0 Å². The third-order valence-electron chi connectivity index (χ3n) is 4.85. The first-order valence-corrected chi connectivity index (χ1v) is 10.8. The van der Waals surface area contributed by atoms with Gasteiger partial charge in [0.25, 0.3) is 0 Å². The average molecular weight is 488 g/mol. The summed E-state index contributed by atoms with van der Waals surface area (Å²) in [6.45, 7) is 4.63. The van der Waals surface area contributed by atoms with Crippen LogP contribution in [0.5, 0.6) is 11.5 Å². The van der Waals surface area contributed by atoms with Gasteiger partial charge < -0.3 is 4.74 Å². The first kappa shape index (κ1) is 20.2. The molecule has 0 saturated heterocycles. The van der Waals surface area contributed by atoms with E-state index in [2.05, 4.69) is 82.1 Å². The Hall–Kier alpha value is -1.58. The largest absolute Gasteiger partial charge is 0.457 e. The smallest absolute Gasteiger partial charge is 0.127 e. The van der Waals surface area contributed by atoms with E-state index in [4.69, 9.17) is 4.74 Å². The lowest BCUT2D eigenvalue weighted by atomic mass is 9.80. The fourth-order valence-electron chi connectivity index (χ4n) is 3.18. The summed E-state index contributed by atoms with van der Waals surface area (Å²) in [5.41, 5.74) is 2.82. The lowest BCUT2D eigenvalue weighted by molar-refractivity contribution is 0.459. The molecule has 0 N–H and O–H groups in total. The van der Waals surface area contributed by atoms with E-state index in [-0.39, 0.29) is 5.41 Å². The molecule has 0 heterocycles. The molecule has 3 heteroatoms. The van der Waals surface area contributed by atoms with Crippen molar-refractivity contribution in [3.8, 4) is 11.5 Å². The maximum absolute atomic E-state index is 5.95. The van der Waals surface area contributed by atoms with Crippen molar-refractivity contribution in [2.75, 3.05) is 0 Å². The Morgan fingerprint density at radius 2 is 1.52 bits per heavy atom. The van der Waals surface area contributed by atoms with Gasteiger partial charge in [0, 0.05) is 8.95 Å². The molecule has 0 radical (unpaired) electrons. The number of halogens is 2. The monoisotopic (exact) mass is 486 g/mol. The zero-order chi connectivity index (χ0) is 19.3. The number of hydrogen-bond acceptors (Lipinski definition) is 1. The van der Waals surface area contributed by atoms with E-state index in [0.717, 1.165) is 39.7 Å². The Balaban J connectivity index is 1.59. The second kappa shape index (κ2) is 9.07. The minimum atomic E-state index is 0.140. The second-order valence-electron chi connectivity index (χ2n) is 7.43. The summed E-state index contributed by atoms with van der Waals surface area (Å²) < 4.78 is 8.16. The van der Waals surface area contributed by atoms with Gasteiger partial charge in [-0.3, -0.25) is 0 Å². The van der Waals surface area contributed by atoms with Gasteiger partial charge in [0.2, 0.25) is 0 Å². The number of hydrogen-bond donors (Lipinski definition) is 0. The van der Waals surface area contributed by atoms with Crippen molar-refractivity contribution in [1.29, 1.82) is 0 Å². The molecule has 3 aromatic rings. The fraction of sp³-hybridized carbons (Fsp3) is 0.250. The summed E-state index contributed by atoms with van der Waals surface area (Å²) in [6.07, 6.45) is 3.31. The Labute approximate surface area is 179 Å². The van der Waals surface area contributed by atoms with Crippen LogP contribution in [0.25, 0.3) is 0 Å². The van der Waals surface area contributed by atoms with Crippen LogP contribution in [0.1, 0.15) is 37.8 Å². The highest BCUT2D eigenvalue weighted by atomic mass is 79.9. The van der Waals surface area contributed by atoms with Crippen molar-refractivity contribution in [1.82, 2.24) is 0 Å². The summed E-state index contributed by atoms with van der Waals surface area (Å²) in [6, 6.07) is 24.9. The summed E-state index contributed by atoms with van der Waals surface area (Å²) in [5.74, 6) is 1.77. The SMILES string of the molecule is CC(C)(CCCc1cccc(Oc2ccccc2)c1)c1ccc(Br)c(Br)c1. The highest BCUT2D eigenvalue weighted by Crippen LogP contribution is 2.34. The minimum absolute atomic E-state index is 0.140. The number of ether oxygens (including phenoxy) is 1. The summed E-state index contributed by atoms with van der Waals surface area (Å²) >= 11 is 7.17. The quantitative estimate of drug-likeness (QED) is 0.325. The zero-order valence-electron chi connectivity index (χ0n) is 15.7. The van der Waals surface area contributed by atoms with Crippen molar-refractivity contribution in [3.05, 3.63) is 92.9 Å². The number of rotatable bonds is 7. The van der Waals surface area contributed by atoms with E-state index < -0.39 is 0 Å². The highest BCUT2D eigenvalue weighted by Gasteiger charge is 2.20. The number of aryl methyl sites for hydroxylation is 1. The molecule has 0 saturated carbocycles. The van der Waals surface area contributed by atoms with Crippen molar-refractivity contribution in [3.63, 3.8) is 0 Å². The molecular weight excluding hydrogens is 464 g/mol. The fourth-order valence-corrected chi connectivity index (χ4v) is 3.81. The maximum atomic E-state index is 5.95.